The summed E-state index contributed by atoms with van der Waals surface area (Å²) < 4.78 is 0. The predicted molar refractivity (Wildman–Crippen MR) is 209 cm³/mol. The molecule has 0 aliphatic heterocycles. The van der Waals surface area contributed by atoms with E-state index in [1.54, 1.807) is 0 Å². The van der Waals surface area contributed by atoms with E-state index in [2.05, 4.69) is 166 Å². The number of aromatic nitrogens is 3. The SMILES string of the molecule is Cc1ccc(-c2cc(-c3ccc(C)cc3)nc(-c3cc(-c4cc5ccccc5c5ccccc45)cc(-c4cccc5cccnc45)c3)n2)cc1. The van der Waals surface area contributed by atoms with Gasteiger partial charge in [0.2, 0.25) is 0 Å². The molecule has 0 atom stereocenters. The number of nitrogens with zero attached hydrogens (tertiary/aromatic N) is 3. The second kappa shape index (κ2) is 12.2. The van der Waals surface area contributed by atoms with Gasteiger partial charge in [-0.2, -0.15) is 0 Å². The van der Waals surface area contributed by atoms with Gasteiger partial charge < -0.3 is 0 Å². The van der Waals surface area contributed by atoms with E-state index in [0.717, 1.165) is 55.7 Å². The maximum absolute atomic E-state index is 5.26. The third-order valence-corrected chi connectivity index (χ3v) is 9.63. The molecule has 3 heteroatoms. The van der Waals surface area contributed by atoms with Crippen LogP contribution < -0.4 is 0 Å². The van der Waals surface area contributed by atoms with Crippen molar-refractivity contribution in [1.82, 2.24) is 15.0 Å². The maximum Gasteiger partial charge on any atom is 0.160 e. The molecular weight excluding hydrogens is 607 g/mol. The summed E-state index contributed by atoms with van der Waals surface area (Å²) in [4.78, 5) is 15.4. The topological polar surface area (TPSA) is 38.7 Å². The Balaban J connectivity index is 1.34. The predicted octanol–water partition coefficient (Wildman–Crippen LogP) is 12.3. The molecule has 9 rings (SSSR count). The minimum absolute atomic E-state index is 0.681. The quantitative estimate of drug-likeness (QED) is 0.176. The lowest BCUT2D eigenvalue weighted by atomic mass is 9.90. The van der Waals surface area contributed by atoms with E-state index < -0.39 is 0 Å². The number of fused-ring (bicyclic) bond motifs is 4. The van der Waals surface area contributed by atoms with E-state index in [9.17, 15) is 0 Å². The lowest BCUT2D eigenvalue weighted by molar-refractivity contribution is 1.18. The molecule has 0 amide bonds. The highest BCUT2D eigenvalue weighted by molar-refractivity contribution is 6.14. The Labute approximate surface area is 291 Å². The zero-order valence-electron chi connectivity index (χ0n) is 27.9. The van der Waals surface area contributed by atoms with Crippen LogP contribution in [0.2, 0.25) is 0 Å². The number of benzene rings is 7. The minimum atomic E-state index is 0.681. The van der Waals surface area contributed by atoms with Crippen molar-refractivity contribution in [3.8, 4) is 56.2 Å². The van der Waals surface area contributed by atoms with Gasteiger partial charge in [-0.25, -0.2) is 9.97 Å². The van der Waals surface area contributed by atoms with Crippen LogP contribution in [0, 0.1) is 13.8 Å². The second-order valence-corrected chi connectivity index (χ2v) is 13.1. The van der Waals surface area contributed by atoms with Crippen LogP contribution in [-0.4, -0.2) is 15.0 Å². The molecule has 3 nitrogen and oxygen atoms in total. The lowest BCUT2D eigenvalue weighted by Gasteiger charge is -2.16. The molecule has 0 aliphatic rings. The van der Waals surface area contributed by atoms with Crippen molar-refractivity contribution in [2.45, 2.75) is 13.8 Å². The van der Waals surface area contributed by atoms with E-state index in [1.165, 1.54) is 38.2 Å². The Morgan fingerprint density at radius 3 is 1.64 bits per heavy atom. The first-order valence-corrected chi connectivity index (χ1v) is 17.0. The summed E-state index contributed by atoms with van der Waals surface area (Å²) in [6.45, 7) is 4.22. The van der Waals surface area contributed by atoms with Gasteiger partial charge in [0.1, 0.15) is 0 Å². The van der Waals surface area contributed by atoms with E-state index in [1.807, 2.05) is 12.3 Å². The molecule has 0 aliphatic carbocycles. The van der Waals surface area contributed by atoms with Gasteiger partial charge in [0.25, 0.3) is 0 Å². The molecule has 0 saturated carbocycles. The largest absolute Gasteiger partial charge is 0.256 e. The van der Waals surface area contributed by atoms with Gasteiger partial charge in [0.15, 0.2) is 5.82 Å². The Morgan fingerprint density at radius 2 is 0.940 bits per heavy atom. The minimum Gasteiger partial charge on any atom is -0.256 e. The van der Waals surface area contributed by atoms with Gasteiger partial charge in [-0.1, -0.05) is 132 Å². The zero-order chi connectivity index (χ0) is 33.6. The third kappa shape index (κ3) is 5.39. The number of pyridine rings is 1. The summed E-state index contributed by atoms with van der Waals surface area (Å²) in [6.07, 6.45) is 1.87. The standard InChI is InChI=1S/C47H33N3/c1-30-16-20-32(21-17-30)44-29-45(33-22-18-31(2)19-23-33)50-47(49-44)38-26-36(40-15-7-10-34-11-8-24-48-46(34)40)25-37(27-38)43-28-35-9-3-4-12-39(35)41-13-5-6-14-42(41)43/h3-29H,1-2H3. The number of para-hydroxylation sites is 1. The maximum atomic E-state index is 5.26. The van der Waals surface area contributed by atoms with Gasteiger partial charge in [0, 0.05) is 33.8 Å². The molecule has 0 saturated heterocycles. The van der Waals surface area contributed by atoms with Crippen molar-refractivity contribution in [1.29, 1.82) is 0 Å². The first-order chi connectivity index (χ1) is 24.6. The van der Waals surface area contributed by atoms with E-state index >= 15 is 0 Å². The van der Waals surface area contributed by atoms with Crippen molar-refractivity contribution in [3.63, 3.8) is 0 Å². The van der Waals surface area contributed by atoms with Crippen LogP contribution in [-0.2, 0) is 0 Å². The van der Waals surface area contributed by atoms with Gasteiger partial charge in [-0.3, -0.25) is 4.98 Å². The Bertz CT molecular complexity index is 2640. The molecule has 50 heavy (non-hydrogen) atoms. The fourth-order valence-corrected chi connectivity index (χ4v) is 7.02. The van der Waals surface area contributed by atoms with E-state index in [-0.39, 0.29) is 0 Å². The van der Waals surface area contributed by atoms with Gasteiger partial charge >= 0.3 is 0 Å². The third-order valence-electron chi connectivity index (χ3n) is 9.63. The zero-order valence-corrected chi connectivity index (χ0v) is 27.9. The molecule has 0 N–H and O–H groups in total. The van der Waals surface area contributed by atoms with Gasteiger partial charge in [-0.15, -0.1) is 0 Å². The van der Waals surface area contributed by atoms with Crippen LogP contribution in [0.5, 0.6) is 0 Å². The lowest BCUT2D eigenvalue weighted by Crippen LogP contribution is -1.97. The average Bonchev–Trinajstić information content (AvgIpc) is 3.17. The molecule has 9 aromatic rings. The number of hydrogen-bond donors (Lipinski definition) is 0. The molecule has 0 unspecified atom stereocenters. The summed E-state index contributed by atoms with van der Waals surface area (Å²) in [5.74, 6) is 0.681. The summed E-state index contributed by atoms with van der Waals surface area (Å²) in [7, 11) is 0. The molecule has 7 aromatic carbocycles. The monoisotopic (exact) mass is 639 g/mol. The van der Waals surface area contributed by atoms with Gasteiger partial charge in [0.05, 0.1) is 16.9 Å². The number of hydrogen-bond acceptors (Lipinski definition) is 3. The van der Waals surface area contributed by atoms with Crippen LogP contribution in [0.25, 0.3) is 88.6 Å². The molecule has 0 spiro atoms. The van der Waals surface area contributed by atoms with Crippen molar-refractivity contribution in [2.75, 3.05) is 0 Å². The highest BCUT2D eigenvalue weighted by Gasteiger charge is 2.17. The molecule has 2 heterocycles. The Kier molecular flexibility index (Phi) is 7.25. The highest BCUT2D eigenvalue weighted by Crippen LogP contribution is 2.40. The van der Waals surface area contributed by atoms with Crippen molar-refractivity contribution < 1.29 is 0 Å². The van der Waals surface area contributed by atoms with Crippen LogP contribution in [0.3, 0.4) is 0 Å². The fourth-order valence-electron chi connectivity index (χ4n) is 7.02. The highest BCUT2D eigenvalue weighted by atomic mass is 14.9. The van der Waals surface area contributed by atoms with Gasteiger partial charge in [-0.05, 0) is 88.5 Å². The summed E-state index contributed by atoms with van der Waals surface area (Å²) >= 11 is 0. The molecular formula is C47H33N3. The van der Waals surface area contributed by atoms with Crippen LogP contribution in [0.15, 0.2) is 164 Å². The summed E-state index contributed by atoms with van der Waals surface area (Å²) in [6, 6.07) is 56.2. The van der Waals surface area contributed by atoms with Crippen molar-refractivity contribution >= 4 is 32.4 Å². The average molecular weight is 640 g/mol. The number of aryl methyl sites for hydroxylation is 2. The van der Waals surface area contributed by atoms with Crippen molar-refractivity contribution in [3.05, 3.63) is 175 Å². The second-order valence-electron chi connectivity index (χ2n) is 13.1. The Hall–Kier alpha value is -6.45. The summed E-state index contributed by atoms with van der Waals surface area (Å²) in [5, 5.41) is 6.00. The first-order valence-electron chi connectivity index (χ1n) is 17.0. The van der Waals surface area contributed by atoms with Crippen molar-refractivity contribution in [2.24, 2.45) is 0 Å². The Morgan fingerprint density at radius 1 is 0.380 bits per heavy atom. The van der Waals surface area contributed by atoms with Crippen LogP contribution >= 0.6 is 0 Å². The smallest absolute Gasteiger partial charge is 0.160 e. The fraction of sp³-hybridized carbons (Fsp3) is 0.0426. The van der Waals surface area contributed by atoms with Crippen LogP contribution in [0.1, 0.15) is 11.1 Å². The summed E-state index contributed by atoms with van der Waals surface area (Å²) in [5.41, 5.74) is 12.7. The molecule has 0 bridgehead atoms. The van der Waals surface area contributed by atoms with E-state index in [0.29, 0.717) is 5.82 Å². The number of rotatable bonds is 5. The first kappa shape index (κ1) is 29.7. The normalized spacial score (nSPS) is 11.4. The van der Waals surface area contributed by atoms with E-state index in [4.69, 9.17) is 15.0 Å². The molecule has 0 fully saturated rings. The molecule has 2 aromatic heterocycles. The van der Waals surface area contributed by atoms with Crippen LogP contribution in [0.4, 0.5) is 0 Å². The molecule has 236 valence electrons. The molecule has 0 radical (unpaired) electrons.